The van der Waals surface area contributed by atoms with E-state index in [1.165, 1.54) is 22.4 Å². The average molecular weight is 257 g/mol. The third kappa shape index (κ3) is 2.87. The molecule has 102 valence electrons. The van der Waals surface area contributed by atoms with E-state index in [0.717, 1.165) is 12.2 Å². The van der Waals surface area contributed by atoms with Gasteiger partial charge in [-0.05, 0) is 44.5 Å². The SMILES string of the molecule is CCNC(c1cc(C)ccc1C)c1cc(C)nn1C. The van der Waals surface area contributed by atoms with Gasteiger partial charge in [-0.2, -0.15) is 5.10 Å². The van der Waals surface area contributed by atoms with E-state index in [1.54, 1.807) is 0 Å². The molecule has 1 N–H and O–H groups in total. The van der Waals surface area contributed by atoms with E-state index in [4.69, 9.17) is 0 Å². The van der Waals surface area contributed by atoms with E-state index < -0.39 is 0 Å². The van der Waals surface area contributed by atoms with Crippen molar-refractivity contribution in [1.29, 1.82) is 0 Å². The van der Waals surface area contributed by atoms with Crippen LogP contribution in [0.2, 0.25) is 0 Å². The summed E-state index contributed by atoms with van der Waals surface area (Å²) in [6.45, 7) is 9.42. The minimum absolute atomic E-state index is 0.205. The van der Waals surface area contributed by atoms with E-state index >= 15 is 0 Å². The fourth-order valence-electron chi connectivity index (χ4n) is 2.55. The van der Waals surface area contributed by atoms with E-state index in [2.05, 4.69) is 55.5 Å². The smallest absolute Gasteiger partial charge is 0.0750 e. The molecule has 0 fully saturated rings. The Kier molecular flexibility index (Phi) is 4.05. The lowest BCUT2D eigenvalue weighted by atomic mass is 9.96. The van der Waals surface area contributed by atoms with E-state index in [1.807, 2.05) is 18.7 Å². The van der Waals surface area contributed by atoms with Gasteiger partial charge in [0.1, 0.15) is 0 Å². The molecule has 2 rings (SSSR count). The van der Waals surface area contributed by atoms with Gasteiger partial charge in [0.2, 0.25) is 0 Å². The predicted molar refractivity (Wildman–Crippen MR) is 79.4 cm³/mol. The molecule has 0 bridgehead atoms. The highest BCUT2D eigenvalue weighted by molar-refractivity contribution is 5.37. The summed E-state index contributed by atoms with van der Waals surface area (Å²) in [6.07, 6.45) is 0. The van der Waals surface area contributed by atoms with Gasteiger partial charge in [-0.25, -0.2) is 0 Å². The fraction of sp³-hybridized carbons (Fsp3) is 0.438. The van der Waals surface area contributed by atoms with Crippen molar-refractivity contribution in [2.24, 2.45) is 7.05 Å². The Balaban J connectivity index is 2.51. The number of nitrogens with zero attached hydrogens (tertiary/aromatic N) is 2. The summed E-state index contributed by atoms with van der Waals surface area (Å²) in [6, 6.07) is 8.99. The van der Waals surface area contributed by atoms with Gasteiger partial charge in [-0.15, -0.1) is 0 Å². The van der Waals surface area contributed by atoms with E-state index in [-0.39, 0.29) is 6.04 Å². The summed E-state index contributed by atoms with van der Waals surface area (Å²) < 4.78 is 1.98. The zero-order chi connectivity index (χ0) is 14.0. The molecule has 1 aromatic carbocycles. The third-order valence-corrected chi connectivity index (χ3v) is 3.49. The summed E-state index contributed by atoms with van der Waals surface area (Å²) in [4.78, 5) is 0. The first-order valence-corrected chi connectivity index (χ1v) is 6.84. The summed E-state index contributed by atoms with van der Waals surface area (Å²) in [5, 5.41) is 8.05. The molecular weight excluding hydrogens is 234 g/mol. The van der Waals surface area contributed by atoms with Crippen LogP contribution in [0.4, 0.5) is 0 Å². The maximum Gasteiger partial charge on any atom is 0.0750 e. The highest BCUT2D eigenvalue weighted by atomic mass is 15.3. The van der Waals surface area contributed by atoms with Crippen LogP contribution in [0.5, 0.6) is 0 Å². The van der Waals surface area contributed by atoms with Crippen molar-refractivity contribution in [3.8, 4) is 0 Å². The van der Waals surface area contributed by atoms with Crippen LogP contribution < -0.4 is 5.32 Å². The van der Waals surface area contributed by atoms with Crippen LogP contribution >= 0.6 is 0 Å². The van der Waals surface area contributed by atoms with Gasteiger partial charge >= 0.3 is 0 Å². The quantitative estimate of drug-likeness (QED) is 0.912. The summed E-state index contributed by atoms with van der Waals surface area (Å²) >= 11 is 0. The zero-order valence-corrected chi connectivity index (χ0v) is 12.5. The summed E-state index contributed by atoms with van der Waals surface area (Å²) in [5.41, 5.74) is 6.22. The van der Waals surface area contributed by atoms with Gasteiger partial charge in [0.05, 0.1) is 17.4 Å². The molecule has 0 aliphatic carbocycles. The first-order valence-electron chi connectivity index (χ1n) is 6.84. The normalized spacial score (nSPS) is 12.7. The molecule has 1 heterocycles. The monoisotopic (exact) mass is 257 g/mol. The second kappa shape index (κ2) is 5.57. The van der Waals surface area contributed by atoms with Crippen molar-refractivity contribution in [2.45, 2.75) is 33.7 Å². The van der Waals surface area contributed by atoms with Gasteiger partial charge in [0, 0.05) is 7.05 Å². The number of aryl methyl sites for hydroxylation is 4. The second-order valence-corrected chi connectivity index (χ2v) is 5.18. The lowest BCUT2D eigenvalue weighted by Gasteiger charge is -2.21. The molecule has 19 heavy (non-hydrogen) atoms. The Labute approximate surface area is 115 Å². The molecule has 1 atom stereocenters. The van der Waals surface area contributed by atoms with Crippen LogP contribution in [-0.2, 0) is 7.05 Å². The van der Waals surface area contributed by atoms with Crippen LogP contribution in [0.15, 0.2) is 24.3 Å². The first kappa shape index (κ1) is 13.8. The number of hydrogen-bond acceptors (Lipinski definition) is 2. The molecule has 1 unspecified atom stereocenters. The Hall–Kier alpha value is -1.61. The number of nitrogens with one attached hydrogen (secondary N) is 1. The summed E-state index contributed by atoms with van der Waals surface area (Å²) in [7, 11) is 2.01. The average Bonchev–Trinajstić information content (AvgIpc) is 2.69. The highest BCUT2D eigenvalue weighted by Gasteiger charge is 2.19. The Morgan fingerprint density at radius 3 is 2.53 bits per heavy atom. The van der Waals surface area contributed by atoms with E-state index in [9.17, 15) is 0 Å². The lowest BCUT2D eigenvalue weighted by Crippen LogP contribution is -2.25. The number of aromatic nitrogens is 2. The molecule has 0 saturated carbocycles. The molecule has 0 amide bonds. The van der Waals surface area contributed by atoms with Crippen LogP contribution in [0, 0.1) is 20.8 Å². The zero-order valence-electron chi connectivity index (χ0n) is 12.5. The highest BCUT2D eigenvalue weighted by Crippen LogP contribution is 2.26. The maximum atomic E-state index is 4.47. The van der Waals surface area contributed by atoms with Gasteiger partial charge in [0.15, 0.2) is 0 Å². The van der Waals surface area contributed by atoms with Crippen LogP contribution in [0.3, 0.4) is 0 Å². The molecule has 0 aliphatic heterocycles. The minimum Gasteiger partial charge on any atom is -0.305 e. The van der Waals surface area contributed by atoms with Crippen molar-refractivity contribution in [1.82, 2.24) is 15.1 Å². The Bertz CT molecular complexity index is 569. The lowest BCUT2D eigenvalue weighted by molar-refractivity contribution is 0.570. The molecule has 0 radical (unpaired) electrons. The number of benzene rings is 1. The second-order valence-electron chi connectivity index (χ2n) is 5.18. The third-order valence-electron chi connectivity index (χ3n) is 3.49. The van der Waals surface area contributed by atoms with Crippen molar-refractivity contribution in [3.05, 3.63) is 52.3 Å². The topological polar surface area (TPSA) is 29.9 Å². The number of rotatable bonds is 4. The standard InChI is InChI=1S/C16H23N3/c1-6-17-16(15-10-13(4)18-19(15)5)14-9-11(2)7-8-12(14)3/h7-10,16-17H,6H2,1-5H3. The Morgan fingerprint density at radius 1 is 1.21 bits per heavy atom. The van der Waals surface area contributed by atoms with Crippen LogP contribution in [-0.4, -0.2) is 16.3 Å². The molecule has 0 aliphatic rings. The van der Waals surface area contributed by atoms with Crippen molar-refractivity contribution in [3.63, 3.8) is 0 Å². The summed E-state index contributed by atoms with van der Waals surface area (Å²) in [5.74, 6) is 0. The Morgan fingerprint density at radius 2 is 1.95 bits per heavy atom. The van der Waals surface area contributed by atoms with Gasteiger partial charge in [-0.1, -0.05) is 30.7 Å². The van der Waals surface area contributed by atoms with Crippen LogP contribution in [0.25, 0.3) is 0 Å². The predicted octanol–water partition coefficient (Wildman–Crippen LogP) is 3.04. The van der Waals surface area contributed by atoms with Gasteiger partial charge in [-0.3, -0.25) is 4.68 Å². The molecular formula is C16H23N3. The van der Waals surface area contributed by atoms with Crippen molar-refractivity contribution >= 4 is 0 Å². The van der Waals surface area contributed by atoms with Crippen molar-refractivity contribution < 1.29 is 0 Å². The molecule has 1 aromatic heterocycles. The number of hydrogen-bond donors (Lipinski definition) is 1. The largest absolute Gasteiger partial charge is 0.305 e. The van der Waals surface area contributed by atoms with Crippen LogP contribution in [0.1, 0.15) is 41.0 Å². The molecule has 3 heteroatoms. The van der Waals surface area contributed by atoms with Gasteiger partial charge < -0.3 is 5.32 Å². The van der Waals surface area contributed by atoms with Gasteiger partial charge in [0.25, 0.3) is 0 Å². The fourth-order valence-corrected chi connectivity index (χ4v) is 2.55. The maximum absolute atomic E-state index is 4.47. The molecule has 2 aromatic rings. The molecule has 0 saturated heterocycles. The molecule has 3 nitrogen and oxygen atoms in total. The van der Waals surface area contributed by atoms with Crippen molar-refractivity contribution in [2.75, 3.05) is 6.54 Å². The van der Waals surface area contributed by atoms with E-state index in [0.29, 0.717) is 0 Å². The minimum atomic E-state index is 0.205. The molecule has 0 spiro atoms. The first-order chi connectivity index (χ1) is 9.02.